The van der Waals surface area contributed by atoms with Crippen molar-refractivity contribution in [3.63, 3.8) is 0 Å². The number of carbonyl (C=O) groups excluding carboxylic acids is 1. The van der Waals surface area contributed by atoms with Crippen molar-refractivity contribution in [3.05, 3.63) is 29.2 Å². The Balaban J connectivity index is 2.16. The van der Waals surface area contributed by atoms with E-state index in [4.69, 9.17) is 5.73 Å². The maximum atomic E-state index is 11.5. The van der Waals surface area contributed by atoms with Gasteiger partial charge in [-0.15, -0.1) is 4.91 Å². The van der Waals surface area contributed by atoms with Crippen LogP contribution in [0.1, 0.15) is 12.8 Å². The number of piperidine rings is 1. The quantitative estimate of drug-likeness (QED) is 0.796. The van der Waals surface area contributed by atoms with Crippen molar-refractivity contribution in [2.24, 2.45) is 10.9 Å². The molecule has 1 saturated heterocycles. The Kier molecular flexibility index (Phi) is 3.80. The number of anilines is 1. The molecule has 1 aliphatic rings. The predicted octanol–water partition coefficient (Wildman–Crippen LogP) is 1.13. The first-order valence-electron chi connectivity index (χ1n) is 6.29. The van der Waals surface area contributed by atoms with Gasteiger partial charge < -0.3 is 16.0 Å². The number of nitrogens with two attached hydrogens (primary N) is 1. The molecule has 0 aliphatic carbocycles. The van der Waals surface area contributed by atoms with Gasteiger partial charge in [0.05, 0.1) is 5.69 Å². The Morgan fingerprint density at radius 3 is 2.53 bits per heavy atom. The summed E-state index contributed by atoms with van der Waals surface area (Å²) >= 11 is 0. The number of para-hydroxylation sites is 1. The van der Waals surface area contributed by atoms with Crippen molar-refractivity contribution in [1.82, 2.24) is 5.32 Å². The molecule has 0 atom stereocenters. The molecule has 0 spiro atoms. The maximum absolute atomic E-state index is 11.5. The molecule has 1 aromatic carbocycles. The molecule has 1 aromatic rings. The van der Waals surface area contributed by atoms with Crippen molar-refractivity contribution in [1.29, 1.82) is 0 Å². The molecule has 0 bridgehead atoms. The summed E-state index contributed by atoms with van der Waals surface area (Å²) in [4.78, 5) is 24.4. The second-order valence-corrected chi connectivity index (χ2v) is 4.76. The molecule has 0 aromatic heterocycles. The van der Waals surface area contributed by atoms with Crippen molar-refractivity contribution >= 4 is 17.3 Å². The van der Waals surface area contributed by atoms with Crippen LogP contribution in [0.5, 0.6) is 0 Å². The standard InChI is InChI=1S/C13H18N4O2/c1-15-13(12(14)18)6-8-17(9-7-13)11-5-3-2-4-10(11)16-19/h2-5,15H,6-9H2,1H3,(H2,14,18). The van der Waals surface area contributed by atoms with Crippen LogP contribution in [0.25, 0.3) is 0 Å². The van der Waals surface area contributed by atoms with Crippen LogP contribution in [0.15, 0.2) is 29.4 Å². The van der Waals surface area contributed by atoms with Crippen molar-refractivity contribution in [2.75, 3.05) is 25.0 Å². The highest BCUT2D eigenvalue weighted by molar-refractivity contribution is 5.85. The number of nitrogens with zero attached hydrogens (tertiary/aromatic N) is 2. The Morgan fingerprint density at radius 1 is 1.37 bits per heavy atom. The first-order chi connectivity index (χ1) is 9.13. The summed E-state index contributed by atoms with van der Waals surface area (Å²) in [6.45, 7) is 1.33. The van der Waals surface area contributed by atoms with Crippen LogP contribution in [0.4, 0.5) is 11.4 Å². The number of nitrogens with one attached hydrogen (secondary N) is 1. The topological polar surface area (TPSA) is 87.8 Å². The third-order valence-electron chi connectivity index (χ3n) is 3.89. The van der Waals surface area contributed by atoms with Gasteiger partial charge in [0.1, 0.15) is 11.2 Å². The summed E-state index contributed by atoms with van der Waals surface area (Å²) in [5.74, 6) is -0.323. The lowest BCUT2D eigenvalue weighted by Crippen LogP contribution is -2.59. The molecule has 0 saturated carbocycles. The van der Waals surface area contributed by atoms with Crippen LogP contribution in [0, 0.1) is 4.91 Å². The molecule has 1 amide bonds. The van der Waals surface area contributed by atoms with E-state index in [-0.39, 0.29) is 5.91 Å². The van der Waals surface area contributed by atoms with Gasteiger partial charge in [0.15, 0.2) is 0 Å². The van der Waals surface area contributed by atoms with E-state index in [1.807, 2.05) is 12.1 Å². The van der Waals surface area contributed by atoms with Crippen LogP contribution < -0.4 is 16.0 Å². The van der Waals surface area contributed by atoms with E-state index >= 15 is 0 Å². The molecule has 1 aliphatic heterocycles. The van der Waals surface area contributed by atoms with Gasteiger partial charge in [0.25, 0.3) is 0 Å². The Hall–Kier alpha value is -1.95. The number of hydrogen-bond donors (Lipinski definition) is 2. The van der Waals surface area contributed by atoms with Crippen molar-refractivity contribution < 1.29 is 4.79 Å². The Bertz CT molecular complexity index is 481. The number of amides is 1. The second kappa shape index (κ2) is 5.36. The molecule has 1 heterocycles. The first kappa shape index (κ1) is 13.5. The van der Waals surface area contributed by atoms with Crippen LogP contribution >= 0.6 is 0 Å². The number of rotatable bonds is 4. The third-order valence-corrected chi connectivity index (χ3v) is 3.89. The average Bonchev–Trinajstić information content (AvgIpc) is 2.47. The van der Waals surface area contributed by atoms with E-state index in [1.54, 1.807) is 19.2 Å². The monoisotopic (exact) mass is 262 g/mol. The highest BCUT2D eigenvalue weighted by Crippen LogP contribution is 2.32. The van der Waals surface area contributed by atoms with E-state index in [0.29, 0.717) is 31.6 Å². The summed E-state index contributed by atoms with van der Waals surface area (Å²) in [5.41, 5.74) is 6.07. The second-order valence-electron chi connectivity index (χ2n) is 4.76. The van der Waals surface area contributed by atoms with Gasteiger partial charge in [-0.05, 0) is 37.2 Å². The van der Waals surface area contributed by atoms with E-state index in [0.717, 1.165) is 5.69 Å². The molecule has 6 heteroatoms. The molecule has 102 valence electrons. The minimum Gasteiger partial charge on any atom is -0.370 e. The SMILES string of the molecule is CNC1(C(N)=O)CCN(c2ccccc2N=O)CC1. The number of carbonyl (C=O) groups is 1. The highest BCUT2D eigenvalue weighted by Gasteiger charge is 2.38. The van der Waals surface area contributed by atoms with E-state index < -0.39 is 5.54 Å². The third kappa shape index (κ3) is 2.44. The van der Waals surface area contributed by atoms with E-state index in [2.05, 4.69) is 15.4 Å². The van der Waals surface area contributed by atoms with Gasteiger partial charge in [0.2, 0.25) is 5.91 Å². The van der Waals surface area contributed by atoms with Gasteiger partial charge in [-0.3, -0.25) is 4.79 Å². The fourth-order valence-electron chi connectivity index (χ4n) is 2.56. The summed E-state index contributed by atoms with van der Waals surface area (Å²) in [7, 11) is 1.75. The van der Waals surface area contributed by atoms with Crippen LogP contribution in [0.3, 0.4) is 0 Å². The highest BCUT2D eigenvalue weighted by atomic mass is 16.3. The average molecular weight is 262 g/mol. The van der Waals surface area contributed by atoms with E-state index in [1.165, 1.54) is 0 Å². The molecular weight excluding hydrogens is 244 g/mol. The minimum atomic E-state index is -0.639. The predicted molar refractivity (Wildman–Crippen MR) is 74.3 cm³/mol. The van der Waals surface area contributed by atoms with E-state index in [9.17, 15) is 9.70 Å². The fourth-order valence-corrected chi connectivity index (χ4v) is 2.56. The molecule has 19 heavy (non-hydrogen) atoms. The number of primary amides is 1. The van der Waals surface area contributed by atoms with Gasteiger partial charge in [-0.1, -0.05) is 12.1 Å². The Morgan fingerprint density at radius 2 is 2.00 bits per heavy atom. The lowest BCUT2D eigenvalue weighted by atomic mass is 9.86. The van der Waals surface area contributed by atoms with Crippen LogP contribution in [0.2, 0.25) is 0 Å². The van der Waals surface area contributed by atoms with Crippen LogP contribution in [-0.4, -0.2) is 31.6 Å². The minimum absolute atomic E-state index is 0.323. The van der Waals surface area contributed by atoms with Gasteiger partial charge in [-0.2, -0.15) is 0 Å². The van der Waals surface area contributed by atoms with Crippen molar-refractivity contribution in [2.45, 2.75) is 18.4 Å². The summed E-state index contributed by atoms with van der Waals surface area (Å²) in [5, 5.41) is 6.07. The summed E-state index contributed by atoms with van der Waals surface area (Å²) in [6.07, 6.45) is 1.23. The number of benzene rings is 1. The lowest BCUT2D eigenvalue weighted by Gasteiger charge is -2.40. The molecule has 1 fully saturated rings. The number of nitroso groups, excluding NO2 is 1. The van der Waals surface area contributed by atoms with Gasteiger partial charge >= 0.3 is 0 Å². The Labute approximate surface area is 111 Å². The molecule has 0 unspecified atom stereocenters. The normalized spacial score (nSPS) is 18.1. The summed E-state index contributed by atoms with van der Waals surface area (Å²) < 4.78 is 0. The zero-order valence-electron chi connectivity index (χ0n) is 10.9. The molecule has 6 nitrogen and oxygen atoms in total. The maximum Gasteiger partial charge on any atom is 0.237 e. The van der Waals surface area contributed by atoms with Gasteiger partial charge in [-0.25, -0.2) is 0 Å². The van der Waals surface area contributed by atoms with Gasteiger partial charge in [0, 0.05) is 13.1 Å². The number of hydrogen-bond acceptors (Lipinski definition) is 5. The lowest BCUT2D eigenvalue weighted by molar-refractivity contribution is -0.125. The molecule has 0 radical (unpaired) electrons. The van der Waals surface area contributed by atoms with Crippen LogP contribution in [-0.2, 0) is 4.79 Å². The number of likely N-dealkylation sites (N-methyl/N-ethyl adjacent to an activating group) is 1. The molecule has 3 N–H and O–H groups in total. The van der Waals surface area contributed by atoms with Crippen molar-refractivity contribution in [3.8, 4) is 0 Å². The first-order valence-corrected chi connectivity index (χ1v) is 6.29. The molecular formula is C13H18N4O2. The molecule has 2 rings (SSSR count). The largest absolute Gasteiger partial charge is 0.370 e. The zero-order valence-corrected chi connectivity index (χ0v) is 10.9. The summed E-state index contributed by atoms with van der Waals surface area (Å²) in [6, 6.07) is 7.22. The zero-order chi connectivity index (χ0) is 13.9. The smallest absolute Gasteiger partial charge is 0.237 e. The fraction of sp³-hybridized carbons (Fsp3) is 0.462.